The predicted octanol–water partition coefficient (Wildman–Crippen LogP) is 2.03. The molecule has 0 saturated carbocycles. The summed E-state index contributed by atoms with van der Waals surface area (Å²) in [6, 6.07) is 3.20. The topological polar surface area (TPSA) is 44.5 Å². The van der Waals surface area contributed by atoms with Crippen LogP contribution < -0.4 is 10.6 Å². The third-order valence-corrected chi connectivity index (χ3v) is 2.38. The lowest BCUT2D eigenvalue weighted by Crippen LogP contribution is -2.05. The lowest BCUT2D eigenvalue weighted by atomic mass is 10.1. The maximum absolute atomic E-state index is 13.4. The zero-order valence-electron chi connectivity index (χ0n) is 7.72. The molecule has 0 fully saturated rings. The van der Waals surface area contributed by atoms with E-state index in [4.69, 9.17) is 10.6 Å². The largest absolute Gasteiger partial charge is 0.497 e. The van der Waals surface area contributed by atoms with Gasteiger partial charge in [-0.15, -0.1) is 0 Å². The van der Waals surface area contributed by atoms with Crippen LogP contribution in [0.5, 0.6) is 5.75 Å². The van der Waals surface area contributed by atoms with Crippen LogP contribution in [0, 0.1) is 5.82 Å². The second-order valence-corrected chi connectivity index (χ2v) is 3.56. The highest BCUT2D eigenvalue weighted by Crippen LogP contribution is 2.25. The number of halogens is 2. The number of hydrogen-bond acceptors (Lipinski definition) is 3. The van der Waals surface area contributed by atoms with E-state index < -0.39 is 0 Å². The van der Waals surface area contributed by atoms with Gasteiger partial charge in [0.2, 0.25) is 0 Å². The second-order valence-electron chi connectivity index (χ2n) is 2.70. The Morgan fingerprint density at radius 1 is 1.50 bits per heavy atom. The first-order valence-corrected chi connectivity index (χ1v) is 4.82. The van der Waals surface area contributed by atoms with E-state index in [9.17, 15) is 4.39 Å². The summed E-state index contributed by atoms with van der Waals surface area (Å²) >= 11 is 3.10. The fourth-order valence-electron chi connectivity index (χ4n) is 1.09. The van der Waals surface area contributed by atoms with Crippen LogP contribution in [0.4, 0.5) is 4.39 Å². The minimum Gasteiger partial charge on any atom is -0.497 e. The van der Waals surface area contributed by atoms with E-state index in [0.29, 0.717) is 22.2 Å². The molecule has 0 heterocycles. The van der Waals surface area contributed by atoms with E-state index in [-0.39, 0.29) is 12.4 Å². The minimum absolute atomic E-state index is 0.274. The zero-order valence-corrected chi connectivity index (χ0v) is 9.30. The minimum atomic E-state index is -0.303. The molecule has 3 nitrogen and oxygen atoms in total. The second kappa shape index (κ2) is 5.29. The molecular weight excluding hydrogens is 253 g/mol. The molecule has 0 aliphatic carbocycles. The van der Waals surface area contributed by atoms with Crippen molar-refractivity contribution in [3.8, 4) is 5.75 Å². The molecule has 0 radical (unpaired) electrons. The summed E-state index contributed by atoms with van der Waals surface area (Å²) in [4.78, 5) is 4.39. The molecule has 2 N–H and O–H groups in total. The predicted molar refractivity (Wildman–Crippen MR) is 54.5 cm³/mol. The molecule has 5 heteroatoms. The van der Waals surface area contributed by atoms with Gasteiger partial charge in [-0.25, -0.2) is 10.3 Å². The highest BCUT2D eigenvalue weighted by molar-refractivity contribution is 9.10. The Hall–Kier alpha value is -0.650. The number of methoxy groups -OCH3 is 1. The van der Waals surface area contributed by atoms with E-state index in [1.54, 1.807) is 12.1 Å². The maximum Gasteiger partial charge on any atom is 0.140 e. The van der Waals surface area contributed by atoms with Gasteiger partial charge in [0.15, 0.2) is 0 Å². The highest BCUT2D eigenvalue weighted by atomic mass is 79.9. The van der Waals surface area contributed by atoms with E-state index in [1.165, 1.54) is 7.11 Å². The average molecular weight is 264 g/mol. The van der Waals surface area contributed by atoms with Crippen LogP contribution in [-0.4, -0.2) is 13.7 Å². The van der Waals surface area contributed by atoms with Crippen molar-refractivity contribution in [3.63, 3.8) is 0 Å². The number of nitrogens with two attached hydrogens (primary N) is 1. The van der Waals surface area contributed by atoms with E-state index in [0.717, 1.165) is 0 Å². The Labute approximate surface area is 90.1 Å². The monoisotopic (exact) mass is 263 g/mol. The van der Waals surface area contributed by atoms with Crippen molar-refractivity contribution in [2.45, 2.75) is 6.42 Å². The lowest BCUT2D eigenvalue weighted by molar-refractivity contribution is 0.140. The van der Waals surface area contributed by atoms with Crippen LogP contribution in [0.1, 0.15) is 5.56 Å². The summed E-state index contributed by atoms with van der Waals surface area (Å²) in [5.41, 5.74) is 0.515. The summed E-state index contributed by atoms with van der Waals surface area (Å²) < 4.78 is 18.8. The molecule has 0 bridgehead atoms. The summed E-state index contributed by atoms with van der Waals surface area (Å²) in [7, 11) is 1.53. The van der Waals surface area contributed by atoms with Gasteiger partial charge < -0.3 is 9.57 Å². The molecule has 0 spiro atoms. The molecule has 0 saturated heterocycles. The molecule has 1 aromatic carbocycles. The molecule has 0 atom stereocenters. The summed E-state index contributed by atoms with van der Waals surface area (Å²) in [6.07, 6.45) is 0.415. The maximum atomic E-state index is 13.4. The highest BCUT2D eigenvalue weighted by Gasteiger charge is 2.09. The van der Waals surface area contributed by atoms with Crippen LogP contribution in [0.25, 0.3) is 0 Å². The van der Waals surface area contributed by atoms with Gasteiger partial charge in [0.05, 0.1) is 18.2 Å². The van der Waals surface area contributed by atoms with Gasteiger partial charge in [-0.05, 0) is 33.6 Å². The molecule has 14 heavy (non-hydrogen) atoms. The van der Waals surface area contributed by atoms with Crippen molar-refractivity contribution in [1.82, 2.24) is 0 Å². The number of benzene rings is 1. The lowest BCUT2D eigenvalue weighted by Gasteiger charge is -2.07. The van der Waals surface area contributed by atoms with Crippen molar-refractivity contribution in [2.75, 3.05) is 13.7 Å². The van der Waals surface area contributed by atoms with Crippen molar-refractivity contribution >= 4 is 15.9 Å². The van der Waals surface area contributed by atoms with Crippen LogP contribution in [0.3, 0.4) is 0 Å². The molecular formula is C9H11BrFNO2. The van der Waals surface area contributed by atoms with Crippen LogP contribution in [0.2, 0.25) is 0 Å². The standard InChI is InChI=1S/C9H11BrFNO2/c1-13-7-4-6(2-3-14-12)9(11)8(10)5-7/h4-5H,2-3,12H2,1H3. The Morgan fingerprint density at radius 2 is 2.21 bits per heavy atom. The van der Waals surface area contributed by atoms with Crippen molar-refractivity contribution < 1.29 is 14.0 Å². The van der Waals surface area contributed by atoms with Crippen molar-refractivity contribution in [3.05, 3.63) is 28.0 Å². The number of rotatable bonds is 4. The summed E-state index contributed by atoms with van der Waals surface area (Å²) in [6.45, 7) is 0.274. The summed E-state index contributed by atoms with van der Waals surface area (Å²) in [5, 5.41) is 0. The number of ether oxygens (including phenoxy) is 1. The first-order chi connectivity index (χ1) is 6.69. The molecule has 1 aromatic rings. The van der Waals surface area contributed by atoms with Gasteiger partial charge in [-0.1, -0.05) is 0 Å². The quantitative estimate of drug-likeness (QED) is 0.846. The fraction of sp³-hybridized carbons (Fsp3) is 0.333. The smallest absolute Gasteiger partial charge is 0.140 e. The van der Waals surface area contributed by atoms with Crippen LogP contribution in [-0.2, 0) is 11.3 Å². The molecule has 0 aliphatic rings. The Morgan fingerprint density at radius 3 is 2.79 bits per heavy atom. The fourth-order valence-corrected chi connectivity index (χ4v) is 1.57. The Kier molecular flexibility index (Phi) is 4.31. The van der Waals surface area contributed by atoms with Gasteiger partial charge >= 0.3 is 0 Å². The normalized spacial score (nSPS) is 10.3. The molecule has 78 valence electrons. The Balaban J connectivity index is 2.95. The summed E-state index contributed by atoms with van der Waals surface area (Å²) in [5.74, 6) is 5.17. The third-order valence-electron chi connectivity index (χ3n) is 1.80. The van der Waals surface area contributed by atoms with Gasteiger partial charge in [0, 0.05) is 6.42 Å². The SMILES string of the molecule is COc1cc(Br)c(F)c(CCON)c1. The van der Waals surface area contributed by atoms with Gasteiger partial charge in [-0.2, -0.15) is 0 Å². The van der Waals surface area contributed by atoms with Gasteiger partial charge in [-0.3, -0.25) is 0 Å². The third kappa shape index (κ3) is 2.67. The van der Waals surface area contributed by atoms with Crippen LogP contribution in [0.15, 0.2) is 16.6 Å². The van der Waals surface area contributed by atoms with Gasteiger partial charge in [0.1, 0.15) is 11.6 Å². The average Bonchev–Trinajstić information content (AvgIpc) is 2.20. The first kappa shape index (κ1) is 11.4. The van der Waals surface area contributed by atoms with E-state index >= 15 is 0 Å². The van der Waals surface area contributed by atoms with Crippen molar-refractivity contribution in [2.24, 2.45) is 5.90 Å². The molecule has 0 aromatic heterocycles. The first-order valence-electron chi connectivity index (χ1n) is 4.02. The van der Waals surface area contributed by atoms with E-state index in [1.807, 2.05) is 0 Å². The zero-order chi connectivity index (χ0) is 10.6. The molecule has 1 rings (SSSR count). The van der Waals surface area contributed by atoms with E-state index in [2.05, 4.69) is 20.8 Å². The van der Waals surface area contributed by atoms with Crippen molar-refractivity contribution in [1.29, 1.82) is 0 Å². The number of hydrogen-bond donors (Lipinski definition) is 1. The Bertz CT molecular complexity index is 320. The van der Waals surface area contributed by atoms with Crippen LogP contribution >= 0.6 is 15.9 Å². The molecule has 0 unspecified atom stereocenters. The molecule has 0 aliphatic heterocycles. The van der Waals surface area contributed by atoms with Gasteiger partial charge in [0.25, 0.3) is 0 Å². The molecule has 0 amide bonds.